The summed E-state index contributed by atoms with van der Waals surface area (Å²) in [6.07, 6.45) is 2.31. The molecule has 5 nitrogen and oxygen atoms in total. The molecule has 1 heterocycles. The first-order valence-corrected chi connectivity index (χ1v) is 5.09. The fourth-order valence-corrected chi connectivity index (χ4v) is 1.11. The summed E-state index contributed by atoms with van der Waals surface area (Å²) >= 11 is 0. The molecule has 0 aromatic carbocycles. The molecule has 1 aromatic heterocycles. The molecule has 0 aliphatic rings. The topological polar surface area (TPSA) is 74.4 Å². The van der Waals surface area contributed by atoms with Crippen LogP contribution in [0.4, 0.5) is 5.69 Å². The molecule has 2 N–H and O–H groups in total. The van der Waals surface area contributed by atoms with Gasteiger partial charge in [0.05, 0.1) is 18.8 Å². The first-order chi connectivity index (χ1) is 7.60. The van der Waals surface area contributed by atoms with Gasteiger partial charge in [-0.3, -0.25) is 0 Å². The van der Waals surface area contributed by atoms with E-state index in [9.17, 15) is 4.79 Å². The molecular formula is C11H16N2O3. The van der Waals surface area contributed by atoms with E-state index in [0.717, 1.165) is 6.42 Å². The van der Waals surface area contributed by atoms with Crippen molar-refractivity contribution in [1.82, 2.24) is 4.98 Å². The normalized spacial score (nSPS) is 11.9. The van der Waals surface area contributed by atoms with E-state index in [1.54, 1.807) is 0 Å². The van der Waals surface area contributed by atoms with Crippen LogP contribution in [0.3, 0.4) is 0 Å². The Morgan fingerprint density at radius 2 is 2.31 bits per heavy atom. The van der Waals surface area contributed by atoms with Crippen molar-refractivity contribution in [2.24, 2.45) is 0 Å². The second-order valence-electron chi connectivity index (χ2n) is 3.41. The second kappa shape index (κ2) is 5.34. The average Bonchev–Trinajstić information content (AvgIpc) is 2.30. The summed E-state index contributed by atoms with van der Waals surface area (Å²) in [4.78, 5) is 15.3. The summed E-state index contributed by atoms with van der Waals surface area (Å²) in [6.45, 7) is 3.90. The Kier molecular flexibility index (Phi) is 4.10. The van der Waals surface area contributed by atoms with E-state index in [1.807, 2.05) is 13.8 Å². The molecule has 0 aliphatic carbocycles. The SMILES string of the molecule is CCC(C)Oc1nccc(C(=O)OC)c1N. The second-order valence-corrected chi connectivity index (χ2v) is 3.41. The molecule has 0 radical (unpaired) electrons. The average molecular weight is 224 g/mol. The minimum Gasteiger partial charge on any atom is -0.473 e. The molecule has 5 heteroatoms. The van der Waals surface area contributed by atoms with E-state index in [2.05, 4.69) is 9.72 Å². The zero-order valence-corrected chi connectivity index (χ0v) is 9.69. The zero-order chi connectivity index (χ0) is 12.1. The molecule has 0 spiro atoms. The zero-order valence-electron chi connectivity index (χ0n) is 9.69. The van der Waals surface area contributed by atoms with Crippen LogP contribution in [0, 0.1) is 0 Å². The van der Waals surface area contributed by atoms with Crippen molar-refractivity contribution in [3.8, 4) is 5.88 Å². The Morgan fingerprint density at radius 3 is 2.88 bits per heavy atom. The number of anilines is 1. The Bertz CT molecular complexity index is 379. The smallest absolute Gasteiger partial charge is 0.340 e. The molecule has 0 saturated heterocycles. The number of rotatable bonds is 4. The van der Waals surface area contributed by atoms with Crippen molar-refractivity contribution in [1.29, 1.82) is 0 Å². The Balaban J connectivity index is 2.99. The molecule has 16 heavy (non-hydrogen) atoms. The number of methoxy groups -OCH3 is 1. The minimum atomic E-state index is -0.492. The predicted molar refractivity (Wildman–Crippen MR) is 60.4 cm³/mol. The van der Waals surface area contributed by atoms with Crippen molar-refractivity contribution >= 4 is 11.7 Å². The van der Waals surface area contributed by atoms with Gasteiger partial charge in [0.15, 0.2) is 0 Å². The number of carbonyl (C=O) groups is 1. The highest BCUT2D eigenvalue weighted by Gasteiger charge is 2.15. The van der Waals surface area contributed by atoms with Gasteiger partial charge in [-0.05, 0) is 19.4 Å². The van der Waals surface area contributed by atoms with Gasteiger partial charge in [-0.2, -0.15) is 0 Å². The summed E-state index contributed by atoms with van der Waals surface area (Å²) < 4.78 is 10.1. The number of carbonyl (C=O) groups excluding carboxylic acids is 1. The molecule has 88 valence electrons. The number of nitrogens with zero attached hydrogens (tertiary/aromatic N) is 1. The molecule has 0 amide bonds. The quantitative estimate of drug-likeness (QED) is 0.787. The lowest BCUT2D eigenvalue weighted by Gasteiger charge is -2.14. The number of hydrogen-bond donors (Lipinski definition) is 1. The predicted octanol–water partition coefficient (Wildman–Crippen LogP) is 1.63. The van der Waals surface area contributed by atoms with Gasteiger partial charge in [-0.1, -0.05) is 6.92 Å². The molecule has 0 fully saturated rings. The van der Waals surface area contributed by atoms with Crippen molar-refractivity contribution in [3.63, 3.8) is 0 Å². The molecule has 1 rings (SSSR count). The lowest BCUT2D eigenvalue weighted by atomic mass is 10.2. The largest absolute Gasteiger partial charge is 0.473 e. The summed E-state index contributed by atoms with van der Waals surface area (Å²) in [5.74, 6) is -0.217. The van der Waals surface area contributed by atoms with Gasteiger partial charge in [0.2, 0.25) is 5.88 Å². The van der Waals surface area contributed by atoms with Gasteiger partial charge in [-0.15, -0.1) is 0 Å². The number of esters is 1. The van der Waals surface area contributed by atoms with Crippen LogP contribution < -0.4 is 10.5 Å². The summed E-state index contributed by atoms with van der Waals surface area (Å²) in [7, 11) is 1.30. The highest BCUT2D eigenvalue weighted by atomic mass is 16.5. The Hall–Kier alpha value is -1.78. The number of aromatic nitrogens is 1. The van der Waals surface area contributed by atoms with Gasteiger partial charge in [-0.25, -0.2) is 9.78 Å². The van der Waals surface area contributed by atoms with Crippen molar-refractivity contribution in [2.45, 2.75) is 26.4 Å². The van der Waals surface area contributed by atoms with E-state index < -0.39 is 5.97 Å². The summed E-state index contributed by atoms with van der Waals surface area (Å²) in [5, 5.41) is 0. The van der Waals surface area contributed by atoms with Crippen molar-refractivity contribution < 1.29 is 14.3 Å². The molecule has 1 aromatic rings. The fraction of sp³-hybridized carbons (Fsp3) is 0.455. The van der Waals surface area contributed by atoms with Gasteiger partial charge in [0.25, 0.3) is 0 Å². The number of nitrogen functional groups attached to an aromatic ring is 1. The standard InChI is InChI=1S/C11H16N2O3/c1-4-7(2)16-10-9(12)8(5-6-13-10)11(14)15-3/h5-7H,4,12H2,1-3H3. The van der Waals surface area contributed by atoms with Crippen molar-refractivity contribution in [3.05, 3.63) is 17.8 Å². The van der Waals surface area contributed by atoms with Crippen LogP contribution >= 0.6 is 0 Å². The maximum Gasteiger partial charge on any atom is 0.340 e. The van der Waals surface area contributed by atoms with Crippen LogP contribution in [0.15, 0.2) is 12.3 Å². The third-order valence-electron chi connectivity index (χ3n) is 2.25. The van der Waals surface area contributed by atoms with Crippen LogP contribution in [0.1, 0.15) is 30.6 Å². The van der Waals surface area contributed by atoms with E-state index in [0.29, 0.717) is 0 Å². The lowest BCUT2D eigenvalue weighted by Crippen LogP contribution is -2.14. The van der Waals surface area contributed by atoms with Gasteiger partial charge in [0, 0.05) is 6.20 Å². The van der Waals surface area contributed by atoms with Crippen LogP contribution in [-0.2, 0) is 4.74 Å². The van der Waals surface area contributed by atoms with E-state index >= 15 is 0 Å². The monoisotopic (exact) mass is 224 g/mol. The van der Waals surface area contributed by atoms with Gasteiger partial charge in [0.1, 0.15) is 5.69 Å². The highest BCUT2D eigenvalue weighted by molar-refractivity contribution is 5.95. The molecule has 0 bridgehead atoms. The van der Waals surface area contributed by atoms with Crippen LogP contribution in [0.2, 0.25) is 0 Å². The number of pyridine rings is 1. The van der Waals surface area contributed by atoms with Crippen LogP contribution in [-0.4, -0.2) is 24.2 Å². The first-order valence-electron chi connectivity index (χ1n) is 5.09. The van der Waals surface area contributed by atoms with Crippen LogP contribution in [0.5, 0.6) is 5.88 Å². The molecule has 0 saturated carbocycles. The van der Waals surface area contributed by atoms with Gasteiger partial charge < -0.3 is 15.2 Å². The lowest BCUT2D eigenvalue weighted by molar-refractivity contribution is 0.0601. The maximum absolute atomic E-state index is 11.4. The first kappa shape index (κ1) is 12.3. The van der Waals surface area contributed by atoms with Crippen LogP contribution in [0.25, 0.3) is 0 Å². The van der Waals surface area contributed by atoms with E-state index in [-0.39, 0.29) is 23.2 Å². The number of ether oxygens (including phenoxy) is 2. The molecule has 0 aliphatic heterocycles. The Morgan fingerprint density at radius 1 is 1.62 bits per heavy atom. The van der Waals surface area contributed by atoms with Crippen molar-refractivity contribution in [2.75, 3.05) is 12.8 Å². The minimum absolute atomic E-state index is 0.00250. The summed E-state index contributed by atoms with van der Waals surface area (Å²) in [5.41, 5.74) is 6.27. The molecular weight excluding hydrogens is 208 g/mol. The molecule has 1 unspecified atom stereocenters. The summed E-state index contributed by atoms with van der Waals surface area (Å²) in [6, 6.07) is 1.50. The Labute approximate surface area is 94.6 Å². The third-order valence-corrected chi connectivity index (χ3v) is 2.25. The maximum atomic E-state index is 11.4. The van der Waals surface area contributed by atoms with E-state index in [1.165, 1.54) is 19.4 Å². The third kappa shape index (κ3) is 2.62. The number of nitrogens with two attached hydrogens (primary N) is 1. The van der Waals surface area contributed by atoms with Gasteiger partial charge >= 0.3 is 5.97 Å². The van der Waals surface area contributed by atoms with E-state index in [4.69, 9.17) is 10.5 Å². The fourth-order valence-electron chi connectivity index (χ4n) is 1.11. The number of hydrogen-bond acceptors (Lipinski definition) is 5. The molecule has 1 atom stereocenters. The highest BCUT2D eigenvalue weighted by Crippen LogP contribution is 2.24.